The molecule has 0 saturated carbocycles. The summed E-state index contributed by atoms with van der Waals surface area (Å²) >= 11 is 0. The van der Waals surface area contributed by atoms with Crippen molar-refractivity contribution in [3.63, 3.8) is 0 Å². The van der Waals surface area contributed by atoms with Gasteiger partial charge in [0.25, 0.3) is 0 Å². The molecular weight excluding hydrogens is 234 g/mol. The van der Waals surface area contributed by atoms with Crippen molar-refractivity contribution in [2.24, 2.45) is 0 Å². The summed E-state index contributed by atoms with van der Waals surface area (Å²) < 4.78 is 14.8. The van der Waals surface area contributed by atoms with E-state index in [4.69, 9.17) is 9.47 Å². The van der Waals surface area contributed by atoms with Gasteiger partial charge in [0.05, 0.1) is 19.2 Å². The number of methoxy groups -OCH3 is 3. The van der Waals surface area contributed by atoms with Crippen molar-refractivity contribution in [2.45, 2.75) is 13.2 Å². The Morgan fingerprint density at radius 2 is 1.94 bits per heavy atom. The monoisotopic (exact) mass is 253 g/mol. The van der Waals surface area contributed by atoms with Crippen LogP contribution in [0.5, 0.6) is 0 Å². The van der Waals surface area contributed by atoms with Gasteiger partial charge < -0.3 is 19.5 Å². The Labute approximate surface area is 107 Å². The van der Waals surface area contributed by atoms with Crippen LogP contribution in [0.4, 0.5) is 5.69 Å². The highest BCUT2D eigenvalue weighted by Gasteiger charge is 2.09. The van der Waals surface area contributed by atoms with Crippen LogP contribution in [0.3, 0.4) is 0 Å². The topological polar surface area (TPSA) is 56.8 Å². The van der Waals surface area contributed by atoms with Crippen molar-refractivity contribution in [1.82, 2.24) is 0 Å². The minimum absolute atomic E-state index is 0.301. The molecule has 0 atom stereocenters. The molecule has 0 aliphatic heterocycles. The molecule has 0 aliphatic carbocycles. The number of aryl methyl sites for hydroxylation is 1. The van der Waals surface area contributed by atoms with Gasteiger partial charge in [0.15, 0.2) is 6.29 Å². The van der Waals surface area contributed by atoms with Crippen LogP contribution < -0.4 is 5.32 Å². The first-order valence-corrected chi connectivity index (χ1v) is 5.60. The fourth-order valence-electron chi connectivity index (χ4n) is 1.56. The highest BCUT2D eigenvalue weighted by molar-refractivity contribution is 5.90. The van der Waals surface area contributed by atoms with Crippen molar-refractivity contribution in [3.8, 4) is 0 Å². The van der Waals surface area contributed by atoms with Gasteiger partial charge in [-0.05, 0) is 30.7 Å². The van der Waals surface area contributed by atoms with Crippen LogP contribution in [-0.4, -0.2) is 40.1 Å². The zero-order valence-electron chi connectivity index (χ0n) is 11.1. The Morgan fingerprint density at radius 1 is 1.28 bits per heavy atom. The first-order chi connectivity index (χ1) is 8.62. The van der Waals surface area contributed by atoms with E-state index in [1.807, 2.05) is 13.0 Å². The van der Waals surface area contributed by atoms with Crippen molar-refractivity contribution >= 4 is 11.7 Å². The summed E-state index contributed by atoms with van der Waals surface area (Å²) in [5.74, 6) is -0.337. The summed E-state index contributed by atoms with van der Waals surface area (Å²) in [7, 11) is 4.54. The largest absolute Gasteiger partial charge is 0.465 e. The molecule has 0 amide bonds. The fourth-order valence-corrected chi connectivity index (χ4v) is 1.56. The highest BCUT2D eigenvalue weighted by atomic mass is 16.7. The third-order valence-corrected chi connectivity index (χ3v) is 2.63. The number of nitrogens with one attached hydrogen (secondary N) is 1. The summed E-state index contributed by atoms with van der Waals surface area (Å²) in [5.41, 5.74) is 2.43. The Kier molecular flexibility index (Phi) is 5.61. The molecule has 0 unspecified atom stereocenters. The van der Waals surface area contributed by atoms with Gasteiger partial charge in [-0.15, -0.1) is 0 Å². The van der Waals surface area contributed by atoms with Crippen molar-refractivity contribution in [2.75, 3.05) is 33.2 Å². The first kappa shape index (κ1) is 14.5. The van der Waals surface area contributed by atoms with Crippen molar-refractivity contribution in [3.05, 3.63) is 29.3 Å². The maximum atomic E-state index is 11.4. The smallest absolute Gasteiger partial charge is 0.337 e. The average molecular weight is 253 g/mol. The lowest BCUT2D eigenvalue weighted by Gasteiger charge is -2.16. The molecule has 100 valence electrons. The molecule has 1 aromatic carbocycles. The molecule has 0 radical (unpaired) electrons. The van der Waals surface area contributed by atoms with E-state index in [0.717, 1.165) is 11.3 Å². The number of anilines is 1. The molecule has 5 nitrogen and oxygen atoms in total. The molecular formula is C13H19NO4. The van der Waals surface area contributed by atoms with Gasteiger partial charge in [-0.1, -0.05) is 0 Å². The minimum Gasteiger partial charge on any atom is -0.465 e. The number of carbonyl (C=O) groups is 1. The number of rotatable bonds is 6. The van der Waals surface area contributed by atoms with E-state index in [-0.39, 0.29) is 12.3 Å². The fraction of sp³-hybridized carbons (Fsp3) is 0.462. The number of benzene rings is 1. The van der Waals surface area contributed by atoms with Crippen LogP contribution >= 0.6 is 0 Å². The number of ether oxygens (including phenoxy) is 3. The molecule has 0 saturated heterocycles. The lowest BCUT2D eigenvalue weighted by molar-refractivity contribution is -0.0914. The summed E-state index contributed by atoms with van der Waals surface area (Å²) in [6.45, 7) is 2.45. The van der Waals surface area contributed by atoms with Crippen LogP contribution in [-0.2, 0) is 14.2 Å². The standard InChI is InChI=1S/C13H19NO4/c1-9-7-10(13(15)18-4)5-6-11(9)14-8-12(16-2)17-3/h5-7,12,14H,8H2,1-4H3. The summed E-state index contributed by atoms with van der Waals surface area (Å²) in [5, 5.41) is 3.20. The Hall–Kier alpha value is -1.59. The number of esters is 1. The van der Waals surface area contributed by atoms with E-state index in [2.05, 4.69) is 10.1 Å². The van der Waals surface area contributed by atoms with E-state index in [1.165, 1.54) is 7.11 Å². The van der Waals surface area contributed by atoms with Gasteiger partial charge in [0.2, 0.25) is 0 Å². The van der Waals surface area contributed by atoms with E-state index in [1.54, 1.807) is 26.4 Å². The second-order valence-electron chi connectivity index (χ2n) is 3.80. The van der Waals surface area contributed by atoms with E-state index < -0.39 is 0 Å². The lowest BCUT2D eigenvalue weighted by atomic mass is 10.1. The van der Waals surface area contributed by atoms with Gasteiger partial charge in [-0.3, -0.25) is 0 Å². The maximum Gasteiger partial charge on any atom is 0.337 e. The second-order valence-corrected chi connectivity index (χ2v) is 3.80. The number of hydrogen-bond acceptors (Lipinski definition) is 5. The molecule has 0 bridgehead atoms. The third-order valence-electron chi connectivity index (χ3n) is 2.63. The van der Waals surface area contributed by atoms with E-state index in [0.29, 0.717) is 12.1 Å². The van der Waals surface area contributed by atoms with Crippen molar-refractivity contribution < 1.29 is 19.0 Å². The maximum absolute atomic E-state index is 11.4. The van der Waals surface area contributed by atoms with Gasteiger partial charge in [-0.2, -0.15) is 0 Å². The molecule has 1 rings (SSSR count). The zero-order valence-corrected chi connectivity index (χ0v) is 11.1. The molecule has 1 aromatic rings. The van der Waals surface area contributed by atoms with Crippen LogP contribution in [0.15, 0.2) is 18.2 Å². The van der Waals surface area contributed by atoms with Crippen LogP contribution in [0, 0.1) is 6.92 Å². The molecule has 0 fully saturated rings. The van der Waals surface area contributed by atoms with Gasteiger partial charge in [-0.25, -0.2) is 4.79 Å². The first-order valence-electron chi connectivity index (χ1n) is 5.60. The van der Waals surface area contributed by atoms with Crippen LogP contribution in [0.25, 0.3) is 0 Å². The molecule has 0 heterocycles. The SMILES string of the molecule is COC(=O)c1ccc(NCC(OC)OC)c(C)c1. The summed E-state index contributed by atoms with van der Waals surface area (Å²) in [6, 6.07) is 5.34. The molecule has 5 heteroatoms. The molecule has 18 heavy (non-hydrogen) atoms. The van der Waals surface area contributed by atoms with Gasteiger partial charge in [0.1, 0.15) is 0 Å². The third kappa shape index (κ3) is 3.72. The molecule has 1 N–H and O–H groups in total. The van der Waals surface area contributed by atoms with Gasteiger partial charge >= 0.3 is 5.97 Å². The second kappa shape index (κ2) is 6.98. The normalized spacial score (nSPS) is 10.5. The predicted octanol–water partition coefficient (Wildman–Crippen LogP) is 1.81. The summed E-state index contributed by atoms with van der Waals surface area (Å²) in [4.78, 5) is 11.4. The predicted molar refractivity (Wildman–Crippen MR) is 68.8 cm³/mol. The lowest BCUT2D eigenvalue weighted by Crippen LogP contribution is -2.23. The van der Waals surface area contributed by atoms with Crippen LogP contribution in [0.1, 0.15) is 15.9 Å². The molecule has 0 aliphatic rings. The van der Waals surface area contributed by atoms with E-state index >= 15 is 0 Å². The van der Waals surface area contributed by atoms with Crippen molar-refractivity contribution in [1.29, 1.82) is 0 Å². The zero-order chi connectivity index (χ0) is 13.5. The Morgan fingerprint density at radius 3 is 2.44 bits per heavy atom. The molecule has 0 aromatic heterocycles. The Bertz CT molecular complexity index is 402. The quantitative estimate of drug-likeness (QED) is 0.619. The summed E-state index contributed by atoms with van der Waals surface area (Å²) in [6.07, 6.45) is -0.301. The van der Waals surface area contributed by atoms with Crippen LogP contribution in [0.2, 0.25) is 0 Å². The van der Waals surface area contributed by atoms with E-state index in [9.17, 15) is 4.79 Å². The molecule has 0 spiro atoms. The number of carbonyl (C=O) groups excluding carboxylic acids is 1. The van der Waals surface area contributed by atoms with Gasteiger partial charge in [0, 0.05) is 19.9 Å². The Balaban J connectivity index is 2.71. The highest BCUT2D eigenvalue weighted by Crippen LogP contribution is 2.17. The minimum atomic E-state index is -0.337. The number of hydrogen-bond donors (Lipinski definition) is 1. The average Bonchev–Trinajstić information content (AvgIpc) is 2.40.